The second kappa shape index (κ2) is 0.655. The van der Waals surface area contributed by atoms with Gasteiger partial charge in [0.2, 0.25) is 0 Å². The Bertz CT molecular complexity index is 66.6. The molecule has 0 N–H and O–H groups in total. The standard InChI is InChI=1S/F5OS/c1-7(2,3,4,5)6. The van der Waals surface area contributed by atoms with E-state index >= 15 is 0 Å². The quantitative estimate of drug-likeness (QED) is 0.464. The highest BCUT2D eigenvalue weighted by atomic mass is 32.5. The first-order valence-electron chi connectivity index (χ1n) is 0.938. The van der Waals surface area contributed by atoms with E-state index in [9.17, 15) is 19.4 Å². The molecule has 7 heteroatoms. The highest BCUT2D eigenvalue weighted by molar-refractivity contribution is 8.41. The largest absolute Gasteiger partial charge is 0.423 e. The Hall–Kier alpha value is -0.0400. The number of hydrogen-bond acceptors (Lipinski definition) is 0. The lowest BCUT2D eigenvalue weighted by Crippen LogP contribution is -1.97. The third-order valence-electron chi connectivity index (χ3n) is 0. The van der Waals surface area contributed by atoms with Gasteiger partial charge in [0.05, 0.1) is 0 Å². The van der Waals surface area contributed by atoms with Crippen LogP contribution in [0.25, 0.3) is 0 Å². The smallest absolute Gasteiger partial charge is 0.0736 e. The molecule has 0 aliphatic heterocycles. The van der Waals surface area contributed by atoms with Crippen molar-refractivity contribution in [3.63, 3.8) is 0 Å². The first-order valence-corrected chi connectivity index (χ1v) is 2.81. The summed E-state index contributed by atoms with van der Waals surface area (Å²) in [5, 5.41) is 0. The Morgan fingerprint density at radius 3 is 0.857 bits per heavy atom. The molecule has 0 aromatic rings. The molecule has 0 bridgehead atoms. The fraction of sp³-hybridized carbons (Fsp3) is 0. The fourth-order valence-corrected chi connectivity index (χ4v) is 0. The van der Waals surface area contributed by atoms with Crippen LogP contribution in [0.5, 0.6) is 0 Å². The molecule has 0 fully saturated rings. The van der Waals surface area contributed by atoms with E-state index in [1.54, 1.807) is 0 Å². The van der Waals surface area contributed by atoms with Crippen LogP contribution in [0.1, 0.15) is 0 Å². The summed E-state index contributed by atoms with van der Waals surface area (Å²) in [4.78, 5) is 0. The van der Waals surface area contributed by atoms with E-state index in [4.69, 9.17) is 4.55 Å². The van der Waals surface area contributed by atoms with Crippen LogP contribution in [-0.2, 0) is 4.55 Å². The van der Waals surface area contributed by atoms with Crippen LogP contribution in [0.3, 0.4) is 0 Å². The minimum absolute atomic E-state index is 8.04. The maximum absolute atomic E-state index is 10.2. The van der Waals surface area contributed by atoms with Gasteiger partial charge in [-0.3, -0.25) is 0 Å². The van der Waals surface area contributed by atoms with Gasteiger partial charge in [-0.1, -0.05) is 24.0 Å². The van der Waals surface area contributed by atoms with Crippen LogP contribution in [0, 0.1) is 0 Å². The zero-order valence-corrected chi connectivity index (χ0v) is 3.52. The van der Waals surface area contributed by atoms with Crippen LogP contribution in [-0.4, -0.2) is 0 Å². The molecule has 0 atom stereocenters. The second-order valence-electron chi connectivity index (χ2n) is 0.898. The van der Waals surface area contributed by atoms with Crippen molar-refractivity contribution in [3.05, 3.63) is 0 Å². The van der Waals surface area contributed by atoms with Crippen LogP contribution in [0.15, 0.2) is 0 Å². The molecule has 0 spiro atoms. The minimum Gasteiger partial charge on any atom is -0.0736 e. The number of halogens is 5. The van der Waals surface area contributed by atoms with Gasteiger partial charge in [-0.15, -0.1) is 0 Å². The molecule has 0 aromatic heterocycles. The predicted molar refractivity (Wildman–Crippen MR) is 13.8 cm³/mol. The van der Waals surface area contributed by atoms with Crippen LogP contribution >= 0.6 is 10.5 Å². The molecule has 0 saturated heterocycles. The molecular weight excluding hydrogens is 143 g/mol. The third kappa shape index (κ3) is 58400. The summed E-state index contributed by atoms with van der Waals surface area (Å²) in [5.74, 6) is 0. The first kappa shape index (κ1) is 6.96. The van der Waals surface area contributed by atoms with Gasteiger partial charge in [-0.25, -0.2) is 0 Å². The van der Waals surface area contributed by atoms with Crippen LogP contribution in [0.2, 0.25) is 0 Å². The molecule has 0 saturated carbocycles. The van der Waals surface area contributed by atoms with Crippen molar-refractivity contribution in [2.45, 2.75) is 0 Å². The molecular formula is F5OS. The van der Waals surface area contributed by atoms with E-state index in [1.807, 2.05) is 0 Å². The highest BCUT2D eigenvalue weighted by Gasteiger charge is 2.64. The highest BCUT2D eigenvalue weighted by Crippen LogP contribution is 2.95. The van der Waals surface area contributed by atoms with E-state index in [0.29, 0.717) is 0 Å². The average molecular weight is 143 g/mol. The van der Waals surface area contributed by atoms with Gasteiger partial charge in [0.25, 0.3) is 0 Å². The lowest BCUT2D eigenvalue weighted by atomic mass is 15.9. The molecule has 0 aliphatic carbocycles. The van der Waals surface area contributed by atoms with Crippen molar-refractivity contribution in [1.29, 1.82) is 0 Å². The summed E-state index contributed by atoms with van der Waals surface area (Å²) in [6.45, 7) is 0. The molecule has 1 nitrogen and oxygen atoms in total. The summed E-state index contributed by atoms with van der Waals surface area (Å²) in [6.07, 6.45) is 0. The van der Waals surface area contributed by atoms with E-state index in [0.717, 1.165) is 0 Å². The summed E-state index contributed by atoms with van der Waals surface area (Å²) in [7, 11) is -10.2. The van der Waals surface area contributed by atoms with Crippen molar-refractivity contribution >= 4 is 10.5 Å². The predicted octanol–water partition coefficient (Wildman–Crippen LogP) is 2.63. The normalized spacial score (nSPS) is 23.1. The summed E-state index contributed by atoms with van der Waals surface area (Å²) >= 11 is 0. The SMILES string of the molecule is [O]S(F)(F)(F)(F)F. The van der Waals surface area contributed by atoms with Crippen molar-refractivity contribution in [1.82, 2.24) is 0 Å². The van der Waals surface area contributed by atoms with Gasteiger partial charge < -0.3 is 0 Å². The minimum atomic E-state index is -10.2. The van der Waals surface area contributed by atoms with Crippen LogP contribution in [0.4, 0.5) is 19.4 Å². The molecule has 1 radical (unpaired) electrons. The molecule has 0 unspecified atom stereocenters. The summed E-state index contributed by atoms with van der Waals surface area (Å²) < 4.78 is 57.8. The van der Waals surface area contributed by atoms with E-state index in [1.165, 1.54) is 0 Å². The van der Waals surface area contributed by atoms with Crippen LogP contribution < -0.4 is 0 Å². The Morgan fingerprint density at radius 2 is 0.857 bits per heavy atom. The number of rotatable bonds is 0. The van der Waals surface area contributed by atoms with Crippen molar-refractivity contribution in [2.24, 2.45) is 0 Å². The second-order valence-corrected chi connectivity index (χ2v) is 2.69. The first-order chi connectivity index (χ1) is 2.45. The van der Waals surface area contributed by atoms with Gasteiger partial charge in [0, 0.05) is 0 Å². The Kier molecular flexibility index (Phi) is 0.651. The monoisotopic (exact) mass is 143 g/mol. The average Bonchev–Trinajstić information content (AvgIpc) is 0.592. The maximum atomic E-state index is 9.96. The van der Waals surface area contributed by atoms with Crippen molar-refractivity contribution in [2.75, 3.05) is 0 Å². The molecule has 0 amide bonds. The zero-order chi connectivity index (χ0) is 6.41. The summed E-state index contributed by atoms with van der Waals surface area (Å²) in [6, 6.07) is 0. The zero-order valence-electron chi connectivity index (χ0n) is 2.71. The molecule has 0 heterocycles. The van der Waals surface area contributed by atoms with Crippen molar-refractivity contribution in [3.8, 4) is 0 Å². The molecule has 7 heavy (non-hydrogen) atoms. The Balaban J connectivity index is 4.43. The molecule has 47 valence electrons. The van der Waals surface area contributed by atoms with Crippen molar-refractivity contribution < 1.29 is 24.0 Å². The Morgan fingerprint density at radius 1 is 0.857 bits per heavy atom. The Labute approximate surface area is 35.7 Å². The molecule has 0 aliphatic rings. The van der Waals surface area contributed by atoms with Gasteiger partial charge in [-0.05, 0) is 0 Å². The van der Waals surface area contributed by atoms with E-state index in [2.05, 4.69) is 0 Å². The maximum Gasteiger partial charge on any atom is 0.423 e. The molecule has 0 rings (SSSR count). The lowest BCUT2D eigenvalue weighted by Gasteiger charge is -2.28. The van der Waals surface area contributed by atoms with Gasteiger partial charge in [0.15, 0.2) is 0 Å². The topological polar surface area (TPSA) is 19.9 Å². The fourth-order valence-electron chi connectivity index (χ4n) is 0. The van der Waals surface area contributed by atoms with E-state index < -0.39 is 10.5 Å². The molecule has 0 aromatic carbocycles. The van der Waals surface area contributed by atoms with Gasteiger partial charge >= 0.3 is 10.5 Å². The van der Waals surface area contributed by atoms with E-state index in [-0.39, 0.29) is 0 Å². The summed E-state index contributed by atoms with van der Waals surface area (Å²) in [5.41, 5.74) is 0. The van der Waals surface area contributed by atoms with Gasteiger partial charge in [-0.2, -0.15) is 0 Å². The van der Waals surface area contributed by atoms with Gasteiger partial charge in [0.1, 0.15) is 0 Å². The third-order valence-corrected chi connectivity index (χ3v) is 0. The lowest BCUT2D eigenvalue weighted by molar-refractivity contribution is 0.189. The number of hydrogen-bond donors (Lipinski definition) is 0.